The summed E-state index contributed by atoms with van der Waals surface area (Å²) in [6.07, 6.45) is 5.83. The van der Waals surface area contributed by atoms with E-state index in [0.717, 1.165) is 18.5 Å². The third kappa shape index (κ3) is 3.65. The summed E-state index contributed by atoms with van der Waals surface area (Å²) in [7, 11) is 2.02. The van der Waals surface area contributed by atoms with E-state index in [9.17, 15) is 0 Å². The van der Waals surface area contributed by atoms with E-state index in [-0.39, 0.29) is 11.6 Å². The minimum atomic E-state index is 0.0474. The summed E-state index contributed by atoms with van der Waals surface area (Å²) in [6, 6.07) is 2.42. The molecule has 1 saturated heterocycles. The molecule has 0 saturated carbocycles. The lowest BCUT2D eigenvalue weighted by Gasteiger charge is -2.45. The predicted octanol–water partition coefficient (Wildman–Crippen LogP) is 1.62. The number of rotatable bonds is 6. The second-order valence-electron chi connectivity index (χ2n) is 6.73. The summed E-state index contributed by atoms with van der Waals surface area (Å²) in [5.41, 5.74) is 5.51. The third-order valence-corrected chi connectivity index (χ3v) is 5.03. The first-order valence-electron chi connectivity index (χ1n) is 8.22. The van der Waals surface area contributed by atoms with E-state index in [1.807, 2.05) is 11.7 Å². The second-order valence-corrected chi connectivity index (χ2v) is 6.73. The zero-order valence-corrected chi connectivity index (χ0v) is 14.0. The van der Waals surface area contributed by atoms with E-state index in [4.69, 9.17) is 5.84 Å². The molecule has 2 rings (SSSR count). The van der Waals surface area contributed by atoms with Crippen LogP contribution in [0.1, 0.15) is 51.4 Å². The molecule has 1 aliphatic heterocycles. The van der Waals surface area contributed by atoms with Crippen LogP contribution in [0.5, 0.6) is 0 Å². The molecule has 1 aromatic heterocycles. The summed E-state index contributed by atoms with van der Waals surface area (Å²) in [5.74, 6) is 5.90. The van der Waals surface area contributed by atoms with Crippen LogP contribution in [0.15, 0.2) is 6.07 Å². The van der Waals surface area contributed by atoms with Crippen molar-refractivity contribution in [1.29, 1.82) is 0 Å². The molecule has 1 atom stereocenters. The molecular weight excluding hydrogens is 262 g/mol. The molecule has 1 aliphatic rings. The van der Waals surface area contributed by atoms with Gasteiger partial charge >= 0.3 is 0 Å². The number of nitrogens with one attached hydrogen (secondary N) is 1. The SMILES string of the molecule is CCc1cc(CC(NN)C(C)(C)N2CCCCC2)n(C)n1. The Hall–Kier alpha value is -0.910. The van der Waals surface area contributed by atoms with Gasteiger partial charge in [0.1, 0.15) is 0 Å². The van der Waals surface area contributed by atoms with E-state index in [1.165, 1.54) is 38.0 Å². The Balaban J connectivity index is 2.11. The van der Waals surface area contributed by atoms with Gasteiger partial charge in [-0.1, -0.05) is 13.3 Å². The molecule has 0 aromatic carbocycles. The van der Waals surface area contributed by atoms with Crippen molar-refractivity contribution in [2.24, 2.45) is 12.9 Å². The lowest BCUT2D eigenvalue weighted by Crippen LogP contribution is -2.61. The third-order valence-electron chi connectivity index (χ3n) is 5.03. The van der Waals surface area contributed by atoms with Crippen molar-refractivity contribution < 1.29 is 0 Å². The molecule has 0 amide bonds. The molecule has 1 unspecified atom stereocenters. The molecular formula is C16H31N5. The first-order valence-corrected chi connectivity index (χ1v) is 8.22. The Morgan fingerprint density at radius 3 is 2.52 bits per heavy atom. The van der Waals surface area contributed by atoms with E-state index in [0.29, 0.717) is 0 Å². The van der Waals surface area contributed by atoms with Crippen molar-refractivity contribution in [2.45, 2.75) is 64.5 Å². The lowest BCUT2D eigenvalue weighted by molar-refractivity contribution is 0.0605. The van der Waals surface area contributed by atoms with Crippen molar-refractivity contribution in [3.05, 3.63) is 17.5 Å². The van der Waals surface area contributed by atoms with Gasteiger partial charge in [-0.15, -0.1) is 0 Å². The van der Waals surface area contributed by atoms with E-state index < -0.39 is 0 Å². The molecule has 1 fully saturated rings. The number of aryl methyl sites for hydroxylation is 2. The number of nitrogens with zero attached hydrogens (tertiary/aromatic N) is 3. The molecule has 0 radical (unpaired) electrons. The highest BCUT2D eigenvalue weighted by molar-refractivity contribution is 5.13. The Labute approximate surface area is 128 Å². The Kier molecular flexibility index (Phi) is 5.41. The topological polar surface area (TPSA) is 59.1 Å². The minimum absolute atomic E-state index is 0.0474. The van der Waals surface area contributed by atoms with Crippen molar-refractivity contribution in [2.75, 3.05) is 13.1 Å². The average Bonchev–Trinajstić information content (AvgIpc) is 2.85. The minimum Gasteiger partial charge on any atom is -0.297 e. The molecule has 5 heteroatoms. The molecule has 21 heavy (non-hydrogen) atoms. The van der Waals surface area contributed by atoms with Crippen LogP contribution in [-0.4, -0.2) is 39.4 Å². The number of piperidine rings is 1. The van der Waals surface area contributed by atoms with Crippen LogP contribution in [0.2, 0.25) is 0 Å². The number of hydrazine groups is 1. The highest BCUT2D eigenvalue weighted by atomic mass is 15.3. The number of likely N-dealkylation sites (tertiary alicyclic amines) is 1. The quantitative estimate of drug-likeness (QED) is 0.618. The number of hydrogen-bond acceptors (Lipinski definition) is 4. The van der Waals surface area contributed by atoms with Gasteiger partial charge < -0.3 is 0 Å². The molecule has 1 aromatic rings. The van der Waals surface area contributed by atoms with Crippen LogP contribution in [-0.2, 0) is 19.9 Å². The highest BCUT2D eigenvalue weighted by Gasteiger charge is 2.36. The fourth-order valence-corrected chi connectivity index (χ4v) is 3.35. The van der Waals surface area contributed by atoms with Gasteiger partial charge in [-0.3, -0.25) is 20.9 Å². The summed E-state index contributed by atoms with van der Waals surface area (Å²) < 4.78 is 2.00. The van der Waals surface area contributed by atoms with Gasteiger partial charge in [0.05, 0.1) is 5.69 Å². The molecule has 120 valence electrons. The Morgan fingerprint density at radius 1 is 1.33 bits per heavy atom. The van der Waals surface area contributed by atoms with Gasteiger partial charge in [-0.05, 0) is 52.3 Å². The number of hydrogen-bond donors (Lipinski definition) is 2. The second kappa shape index (κ2) is 6.90. The summed E-state index contributed by atoms with van der Waals surface area (Å²) in [4.78, 5) is 2.58. The molecule has 0 aliphatic carbocycles. The molecule has 3 N–H and O–H groups in total. The number of nitrogens with two attached hydrogens (primary N) is 1. The normalized spacial score (nSPS) is 18.9. The summed E-state index contributed by atoms with van der Waals surface area (Å²) in [6.45, 7) is 9.11. The molecule has 2 heterocycles. The average molecular weight is 293 g/mol. The van der Waals surface area contributed by atoms with Crippen LogP contribution in [0, 0.1) is 0 Å². The van der Waals surface area contributed by atoms with E-state index >= 15 is 0 Å². The predicted molar refractivity (Wildman–Crippen MR) is 86.9 cm³/mol. The summed E-state index contributed by atoms with van der Waals surface area (Å²) >= 11 is 0. The largest absolute Gasteiger partial charge is 0.297 e. The van der Waals surface area contributed by atoms with Gasteiger partial charge in [0, 0.05) is 30.7 Å². The van der Waals surface area contributed by atoms with E-state index in [1.54, 1.807) is 0 Å². The van der Waals surface area contributed by atoms with Gasteiger partial charge in [-0.2, -0.15) is 5.10 Å². The van der Waals surface area contributed by atoms with E-state index in [2.05, 4.69) is 42.3 Å². The van der Waals surface area contributed by atoms with Crippen LogP contribution < -0.4 is 11.3 Å². The maximum Gasteiger partial charge on any atom is 0.0624 e. The maximum absolute atomic E-state index is 5.90. The van der Waals surface area contributed by atoms with Crippen molar-refractivity contribution in [3.63, 3.8) is 0 Å². The highest BCUT2D eigenvalue weighted by Crippen LogP contribution is 2.25. The first kappa shape index (κ1) is 16.5. The first-order chi connectivity index (χ1) is 9.98. The monoisotopic (exact) mass is 293 g/mol. The van der Waals surface area contributed by atoms with Crippen LogP contribution in [0.3, 0.4) is 0 Å². The molecule has 0 spiro atoms. The summed E-state index contributed by atoms with van der Waals surface area (Å²) in [5, 5.41) is 4.55. The van der Waals surface area contributed by atoms with Gasteiger partial charge in [0.15, 0.2) is 0 Å². The van der Waals surface area contributed by atoms with Gasteiger partial charge in [0.2, 0.25) is 0 Å². The molecule has 0 bridgehead atoms. The maximum atomic E-state index is 5.90. The fraction of sp³-hybridized carbons (Fsp3) is 0.812. The smallest absolute Gasteiger partial charge is 0.0624 e. The van der Waals surface area contributed by atoms with Crippen LogP contribution in [0.25, 0.3) is 0 Å². The fourth-order valence-electron chi connectivity index (χ4n) is 3.35. The zero-order chi connectivity index (χ0) is 15.5. The Morgan fingerprint density at radius 2 is 2.00 bits per heavy atom. The van der Waals surface area contributed by atoms with Gasteiger partial charge in [0.25, 0.3) is 0 Å². The van der Waals surface area contributed by atoms with Crippen molar-refractivity contribution in [1.82, 2.24) is 20.1 Å². The Bertz CT molecular complexity index is 446. The van der Waals surface area contributed by atoms with Crippen LogP contribution in [0.4, 0.5) is 0 Å². The lowest BCUT2D eigenvalue weighted by atomic mass is 9.87. The number of aromatic nitrogens is 2. The molecule has 5 nitrogen and oxygen atoms in total. The zero-order valence-electron chi connectivity index (χ0n) is 14.0. The van der Waals surface area contributed by atoms with Gasteiger partial charge in [-0.25, -0.2) is 0 Å². The van der Waals surface area contributed by atoms with Crippen LogP contribution >= 0.6 is 0 Å². The van der Waals surface area contributed by atoms with Crippen molar-refractivity contribution >= 4 is 0 Å². The standard InChI is InChI=1S/C16H31N5/c1-5-13-11-14(20(4)19-13)12-15(18-17)16(2,3)21-9-7-6-8-10-21/h11,15,18H,5-10,12,17H2,1-4H3. The van der Waals surface area contributed by atoms with Crippen molar-refractivity contribution in [3.8, 4) is 0 Å².